The van der Waals surface area contributed by atoms with E-state index in [4.69, 9.17) is 5.11 Å². The monoisotopic (exact) mass is 294 g/mol. The number of rotatable bonds is 5. The summed E-state index contributed by atoms with van der Waals surface area (Å²) in [6.45, 7) is 5.44. The number of amides is 1. The second-order valence-corrected chi connectivity index (χ2v) is 6.20. The van der Waals surface area contributed by atoms with E-state index < -0.39 is 5.97 Å². The number of carboxylic acids is 1. The quantitative estimate of drug-likeness (QED) is 0.818. The molecule has 1 fully saturated rings. The number of allylic oxidation sites excluding steroid dienone is 1. The van der Waals surface area contributed by atoms with Gasteiger partial charge in [-0.05, 0) is 39.5 Å². The van der Waals surface area contributed by atoms with Crippen LogP contribution in [0.1, 0.15) is 53.1 Å². The third-order valence-electron chi connectivity index (χ3n) is 3.32. The summed E-state index contributed by atoms with van der Waals surface area (Å²) in [5, 5.41) is 12.4. The van der Waals surface area contributed by atoms with E-state index in [0.29, 0.717) is 16.6 Å². The molecular weight excluding hydrogens is 276 g/mol. The normalized spacial score (nSPS) is 16.9. The van der Waals surface area contributed by atoms with E-state index in [1.807, 2.05) is 13.8 Å². The van der Waals surface area contributed by atoms with Crippen molar-refractivity contribution in [1.29, 1.82) is 0 Å². The number of nitrogens with zero attached hydrogens (tertiary/aromatic N) is 1. The molecule has 1 aromatic heterocycles. The lowest BCUT2D eigenvalue weighted by Crippen LogP contribution is -2.25. The van der Waals surface area contributed by atoms with Gasteiger partial charge in [0.25, 0.3) is 0 Å². The van der Waals surface area contributed by atoms with Crippen LogP contribution < -0.4 is 5.32 Å². The van der Waals surface area contributed by atoms with Crippen LogP contribution in [-0.4, -0.2) is 22.0 Å². The van der Waals surface area contributed by atoms with Gasteiger partial charge in [0.2, 0.25) is 5.91 Å². The van der Waals surface area contributed by atoms with Crippen LogP contribution in [0.5, 0.6) is 0 Å². The number of aromatic carboxylic acids is 1. The maximum absolute atomic E-state index is 11.9. The first-order chi connectivity index (χ1) is 9.38. The Labute approximate surface area is 121 Å². The molecule has 1 atom stereocenters. The van der Waals surface area contributed by atoms with Gasteiger partial charge in [0.1, 0.15) is 9.88 Å². The number of carbonyl (C=O) groups is 2. The maximum Gasteiger partial charge on any atom is 0.347 e. The zero-order valence-corrected chi connectivity index (χ0v) is 12.6. The molecule has 0 saturated heterocycles. The maximum atomic E-state index is 11.9. The van der Waals surface area contributed by atoms with Crippen molar-refractivity contribution in [3.8, 4) is 0 Å². The van der Waals surface area contributed by atoms with Crippen molar-refractivity contribution in [2.24, 2.45) is 5.92 Å². The zero-order valence-electron chi connectivity index (χ0n) is 11.8. The number of aryl methyl sites for hydroxylation is 1. The molecule has 0 aliphatic heterocycles. The lowest BCUT2D eigenvalue weighted by molar-refractivity contribution is -0.117. The fraction of sp³-hybridized carbons (Fsp3) is 0.500. The van der Waals surface area contributed by atoms with Crippen molar-refractivity contribution >= 4 is 23.2 Å². The van der Waals surface area contributed by atoms with Gasteiger partial charge in [-0.15, -0.1) is 11.3 Å². The fourth-order valence-electron chi connectivity index (χ4n) is 1.98. The summed E-state index contributed by atoms with van der Waals surface area (Å²) in [7, 11) is 0. The van der Waals surface area contributed by atoms with Crippen LogP contribution in [0.15, 0.2) is 11.6 Å². The van der Waals surface area contributed by atoms with Gasteiger partial charge >= 0.3 is 5.97 Å². The highest BCUT2D eigenvalue weighted by Gasteiger charge is 2.24. The molecule has 6 heteroatoms. The Bertz CT molecular complexity index is 573. The molecule has 2 rings (SSSR count). The highest BCUT2D eigenvalue weighted by Crippen LogP contribution is 2.35. The summed E-state index contributed by atoms with van der Waals surface area (Å²) >= 11 is 1.11. The lowest BCUT2D eigenvalue weighted by Gasteiger charge is -2.09. The van der Waals surface area contributed by atoms with E-state index in [-0.39, 0.29) is 16.8 Å². The minimum atomic E-state index is -0.978. The van der Waals surface area contributed by atoms with Gasteiger partial charge in [0.15, 0.2) is 0 Å². The fourth-order valence-corrected chi connectivity index (χ4v) is 2.89. The summed E-state index contributed by atoms with van der Waals surface area (Å²) in [4.78, 5) is 27.3. The molecule has 0 radical (unpaired) electrons. The first kappa shape index (κ1) is 14.7. The molecule has 5 nitrogen and oxygen atoms in total. The topological polar surface area (TPSA) is 79.3 Å². The molecule has 0 bridgehead atoms. The van der Waals surface area contributed by atoms with E-state index in [2.05, 4.69) is 10.3 Å². The van der Waals surface area contributed by atoms with Gasteiger partial charge in [0.05, 0.1) is 11.7 Å². The van der Waals surface area contributed by atoms with Gasteiger partial charge < -0.3 is 10.4 Å². The van der Waals surface area contributed by atoms with Crippen LogP contribution in [0.4, 0.5) is 0 Å². The standard InChI is InChI=1S/C14H18N2O3S/c1-7(10-4-5-10)6-11(17)15-9(3)13-16-8(2)12(20-13)14(18)19/h6,9-10H,4-5H2,1-3H3,(H,15,17)(H,18,19)/b7-6+/t9-/m1/s1. The van der Waals surface area contributed by atoms with Crippen molar-refractivity contribution in [2.75, 3.05) is 0 Å². The lowest BCUT2D eigenvalue weighted by atomic mass is 10.2. The number of aromatic nitrogens is 1. The van der Waals surface area contributed by atoms with Crippen molar-refractivity contribution < 1.29 is 14.7 Å². The van der Waals surface area contributed by atoms with Crippen LogP contribution in [-0.2, 0) is 4.79 Å². The molecule has 1 aliphatic rings. The van der Waals surface area contributed by atoms with Gasteiger partial charge in [-0.1, -0.05) is 5.57 Å². The van der Waals surface area contributed by atoms with Crippen LogP contribution in [0.25, 0.3) is 0 Å². The van der Waals surface area contributed by atoms with Crippen LogP contribution in [0.2, 0.25) is 0 Å². The minimum absolute atomic E-state index is 0.147. The van der Waals surface area contributed by atoms with E-state index >= 15 is 0 Å². The summed E-state index contributed by atoms with van der Waals surface area (Å²) in [6, 6.07) is -0.289. The number of hydrogen-bond donors (Lipinski definition) is 2. The van der Waals surface area contributed by atoms with Crippen LogP contribution in [0, 0.1) is 12.8 Å². The molecule has 0 spiro atoms. The van der Waals surface area contributed by atoms with Gasteiger partial charge in [-0.25, -0.2) is 9.78 Å². The van der Waals surface area contributed by atoms with E-state index in [9.17, 15) is 9.59 Å². The Morgan fingerprint density at radius 1 is 1.50 bits per heavy atom. The molecule has 1 heterocycles. The van der Waals surface area contributed by atoms with E-state index in [1.165, 1.54) is 12.8 Å². The molecule has 1 amide bonds. The van der Waals surface area contributed by atoms with E-state index in [0.717, 1.165) is 16.9 Å². The average Bonchev–Trinajstić information content (AvgIpc) is 3.11. The second kappa shape index (κ2) is 5.75. The van der Waals surface area contributed by atoms with Gasteiger partial charge in [-0.3, -0.25) is 4.79 Å². The van der Waals surface area contributed by atoms with Gasteiger partial charge in [-0.2, -0.15) is 0 Å². The molecule has 20 heavy (non-hydrogen) atoms. The van der Waals surface area contributed by atoms with Crippen LogP contribution >= 0.6 is 11.3 Å². The van der Waals surface area contributed by atoms with Crippen molar-refractivity contribution in [3.63, 3.8) is 0 Å². The molecule has 0 aromatic carbocycles. The summed E-state index contributed by atoms with van der Waals surface area (Å²) in [5.41, 5.74) is 1.60. The molecule has 108 valence electrons. The zero-order chi connectivity index (χ0) is 14.9. The Balaban J connectivity index is 2.02. The molecule has 0 unspecified atom stereocenters. The number of nitrogens with one attached hydrogen (secondary N) is 1. The van der Waals surface area contributed by atoms with Crippen LogP contribution in [0.3, 0.4) is 0 Å². The summed E-state index contributed by atoms with van der Waals surface area (Å²) in [6.07, 6.45) is 3.96. The second-order valence-electron chi connectivity index (χ2n) is 5.16. The Hall–Kier alpha value is -1.69. The minimum Gasteiger partial charge on any atom is -0.477 e. The SMILES string of the molecule is C/C(=C\C(=O)N[C@H](C)c1nc(C)c(C(=O)O)s1)C1CC1. The number of carbonyl (C=O) groups excluding carboxylic acids is 1. The Kier molecular flexibility index (Phi) is 4.23. The molecular formula is C14H18N2O3S. The highest BCUT2D eigenvalue weighted by atomic mass is 32.1. The Morgan fingerprint density at radius 3 is 2.65 bits per heavy atom. The smallest absolute Gasteiger partial charge is 0.347 e. The molecule has 1 aliphatic carbocycles. The van der Waals surface area contributed by atoms with E-state index in [1.54, 1.807) is 13.0 Å². The molecule has 2 N–H and O–H groups in total. The summed E-state index contributed by atoms with van der Waals surface area (Å²) in [5.74, 6) is -0.558. The van der Waals surface area contributed by atoms with Crippen molar-refractivity contribution in [1.82, 2.24) is 10.3 Å². The van der Waals surface area contributed by atoms with Crippen molar-refractivity contribution in [2.45, 2.75) is 39.7 Å². The van der Waals surface area contributed by atoms with Crippen molar-refractivity contribution in [3.05, 3.63) is 27.2 Å². The number of hydrogen-bond acceptors (Lipinski definition) is 4. The third kappa shape index (κ3) is 3.45. The Morgan fingerprint density at radius 2 is 2.15 bits per heavy atom. The molecule has 1 saturated carbocycles. The highest BCUT2D eigenvalue weighted by molar-refractivity contribution is 7.13. The molecule has 1 aromatic rings. The third-order valence-corrected chi connectivity index (χ3v) is 4.64. The predicted octanol–water partition coefficient (Wildman–Crippen LogP) is 2.68. The van der Waals surface area contributed by atoms with Gasteiger partial charge in [0, 0.05) is 6.08 Å². The summed E-state index contributed by atoms with van der Waals surface area (Å²) < 4.78 is 0. The first-order valence-corrected chi connectivity index (χ1v) is 7.39. The largest absolute Gasteiger partial charge is 0.477 e. The number of carboxylic acid groups (broad SMARTS) is 1. The first-order valence-electron chi connectivity index (χ1n) is 6.57. The predicted molar refractivity (Wildman–Crippen MR) is 76.8 cm³/mol. The number of thiazole rings is 1. The average molecular weight is 294 g/mol.